The molecular formula is C21H21N5OS. The quantitative estimate of drug-likeness (QED) is 0.426. The summed E-state index contributed by atoms with van der Waals surface area (Å²) in [4.78, 5) is 20.9. The van der Waals surface area contributed by atoms with Crippen LogP contribution in [0.1, 0.15) is 23.2 Å². The Kier molecular flexibility index (Phi) is 4.26. The van der Waals surface area contributed by atoms with Crippen LogP contribution in [-0.4, -0.2) is 35.0 Å². The second-order valence-electron chi connectivity index (χ2n) is 7.17. The molecule has 6 nitrogen and oxygen atoms in total. The molecule has 4 heterocycles. The number of hydrogen-bond donors (Lipinski definition) is 4. The van der Waals surface area contributed by atoms with Gasteiger partial charge in [0, 0.05) is 51.7 Å². The zero-order valence-electron chi connectivity index (χ0n) is 15.3. The van der Waals surface area contributed by atoms with Crippen LogP contribution in [-0.2, 0) is 0 Å². The third-order valence-corrected chi connectivity index (χ3v) is 6.52. The number of H-pyrrole nitrogens is 1. The van der Waals surface area contributed by atoms with Gasteiger partial charge in [-0.15, -0.1) is 11.3 Å². The first kappa shape index (κ1) is 17.2. The highest BCUT2D eigenvalue weighted by molar-refractivity contribution is 7.22. The standard InChI is InChI=1S/C21H21N5OS/c22-20(27)16-11-25-21(26-12-3-2-7-23-10-12)15-9-18(28-19(15)16)14-4-1-5-17-13(14)6-8-24-17/h1,4-6,8-9,11-12,23-24H,2-3,7,10H2,(H2,22,27)(H,25,26)/t12-/m0/s1. The monoisotopic (exact) mass is 391 g/mol. The number of amides is 1. The Morgan fingerprint density at radius 2 is 2.21 bits per heavy atom. The molecule has 0 aliphatic carbocycles. The van der Waals surface area contributed by atoms with Crippen LogP contribution in [0.2, 0.25) is 0 Å². The van der Waals surface area contributed by atoms with Crippen LogP contribution in [0, 0.1) is 0 Å². The van der Waals surface area contributed by atoms with Crippen LogP contribution in [0.25, 0.3) is 31.4 Å². The molecule has 3 aromatic heterocycles. The number of piperidine rings is 1. The molecule has 28 heavy (non-hydrogen) atoms. The van der Waals surface area contributed by atoms with E-state index in [1.807, 2.05) is 12.3 Å². The molecular weight excluding hydrogens is 370 g/mol. The van der Waals surface area contributed by atoms with Gasteiger partial charge in [-0.25, -0.2) is 4.98 Å². The fourth-order valence-electron chi connectivity index (χ4n) is 3.92. The fourth-order valence-corrected chi connectivity index (χ4v) is 5.13. The second-order valence-corrected chi connectivity index (χ2v) is 8.22. The summed E-state index contributed by atoms with van der Waals surface area (Å²) in [5.41, 5.74) is 8.33. The number of hydrogen-bond acceptors (Lipinski definition) is 5. The fraction of sp³-hybridized carbons (Fsp3) is 0.238. The van der Waals surface area contributed by atoms with E-state index in [9.17, 15) is 4.79 Å². The van der Waals surface area contributed by atoms with Gasteiger partial charge in [0.05, 0.1) is 10.3 Å². The third kappa shape index (κ3) is 2.93. The lowest BCUT2D eigenvalue weighted by molar-refractivity contribution is 0.100. The van der Waals surface area contributed by atoms with E-state index in [1.54, 1.807) is 17.5 Å². The Morgan fingerprint density at radius 1 is 1.29 bits per heavy atom. The predicted molar refractivity (Wildman–Crippen MR) is 115 cm³/mol. The summed E-state index contributed by atoms with van der Waals surface area (Å²) in [6.45, 7) is 1.98. The Morgan fingerprint density at radius 3 is 3.04 bits per heavy atom. The van der Waals surface area contributed by atoms with Gasteiger partial charge in [0.1, 0.15) is 5.82 Å². The van der Waals surface area contributed by atoms with Crippen LogP contribution < -0.4 is 16.4 Å². The van der Waals surface area contributed by atoms with Crippen molar-refractivity contribution in [2.24, 2.45) is 5.73 Å². The maximum atomic E-state index is 12.0. The zero-order chi connectivity index (χ0) is 19.1. The molecule has 1 aliphatic heterocycles. The summed E-state index contributed by atoms with van der Waals surface area (Å²) in [5.74, 6) is 0.370. The number of fused-ring (bicyclic) bond motifs is 2. The van der Waals surface area contributed by atoms with Gasteiger partial charge in [-0.1, -0.05) is 12.1 Å². The Balaban J connectivity index is 1.65. The smallest absolute Gasteiger partial charge is 0.251 e. The van der Waals surface area contributed by atoms with Crippen LogP contribution in [0.5, 0.6) is 0 Å². The molecule has 1 amide bonds. The van der Waals surface area contributed by atoms with Crippen molar-refractivity contribution in [1.29, 1.82) is 0 Å². The highest BCUT2D eigenvalue weighted by atomic mass is 32.1. The number of benzene rings is 1. The maximum Gasteiger partial charge on any atom is 0.251 e. The number of nitrogens with one attached hydrogen (secondary N) is 3. The lowest BCUT2D eigenvalue weighted by Gasteiger charge is -2.24. The molecule has 5 N–H and O–H groups in total. The van der Waals surface area contributed by atoms with Gasteiger partial charge in [0.25, 0.3) is 5.91 Å². The molecule has 1 atom stereocenters. The molecule has 0 saturated carbocycles. The molecule has 1 fully saturated rings. The van der Waals surface area contributed by atoms with Crippen molar-refractivity contribution in [1.82, 2.24) is 15.3 Å². The minimum Gasteiger partial charge on any atom is -0.366 e. The van der Waals surface area contributed by atoms with Crippen LogP contribution >= 0.6 is 11.3 Å². The number of nitrogens with two attached hydrogens (primary N) is 1. The molecule has 5 rings (SSSR count). The largest absolute Gasteiger partial charge is 0.366 e. The lowest BCUT2D eigenvalue weighted by atomic mass is 10.1. The normalized spacial score (nSPS) is 17.2. The highest BCUT2D eigenvalue weighted by Crippen LogP contribution is 2.40. The number of pyridine rings is 1. The predicted octanol–water partition coefficient (Wildman–Crippen LogP) is 3.71. The van der Waals surface area contributed by atoms with E-state index in [0.29, 0.717) is 11.6 Å². The average molecular weight is 392 g/mol. The molecule has 0 unspecified atom stereocenters. The van der Waals surface area contributed by atoms with Crippen molar-refractivity contribution < 1.29 is 4.79 Å². The number of nitrogens with zero attached hydrogens (tertiary/aromatic N) is 1. The molecule has 1 aliphatic rings. The number of aromatic amines is 1. The first-order chi connectivity index (χ1) is 13.7. The highest BCUT2D eigenvalue weighted by Gasteiger charge is 2.20. The van der Waals surface area contributed by atoms with Gasteiger partial charge >= 0.3 is 0 Å². The minimum absolute atomic E-state index is 0.334. The van der Waals surface area contributed by atoms with E-state index in [2.05, 4.69) is 44.9 Å². The summed E-state index contributed by atoms with van der Waals surface area (Å²) >= 11 is 1.59. The average Bonchev–Trinajstić information content (AvgIpc) is 3.36. The molecule has 0 radical (unpaired) electrons. The topological polar surface area (TPSA) is 95.8 Å². The number of aromatic nitrogens is 2. The van der Waals surface area contributed by atoms with Gasteiger partial charge in [0.15, 0.2) is 0 Å². The van der Waals surface area contributed by atoms with Crippen LogP contribution in [0.15, 0.2) is 42.7 Å². The first-order valence-corrected chi connectivity index (χ1v) is 10.3. The van der Waals surface area contributed by atoms with Crippen molar-refractivity contribution >= 4 is 44.1 Å². The number of carbonyl (C=O) groups is 1. The molecule has 4 aromatic rings. The number of rotatable bonds is 4. The van der Waals surface area contributed by atoms with Gasteiger partial charge in [-0.05, 0) is 37.6 Å². The van der Waals surface area contributed by atoms with E-state index in [0.717, 1.165) is 63.2 Å². The van der Waals surface area contributed by atoms with Crippen LogP contribution in [0.3, 0.4) is 0 Å². The van der Waals surface area contributed by atoms with Gasteiger partial charge < -0.3 is 21.4 Å². The van der Waals surface area contributed by atoms with E-state index in [-0.39, 0.29) is 0 Å². The number of carbonyl (C=O) groups excluding carboxylic acids is 1. The molecule has 1 aromatic carbocycles. The molecule has 0 bridgehead atoms. The number of thiophene rings is 1. The van der Waals surface area contributed by atoms with E-state index in [4.69, 9.17) is 5.73 Å². The van der Waals surface area contributed by atoms with Crippen molar-refractivity contribution in [2.75, 3.05) is 18.4 Å². The first-order valence-electron chi connectivity index (χ1n) is 9.47. The Bertz CT molecular complexity index is 1170. The van der Waals surface area contributed by atoms with Crippen molar-refractivity contribution in [3.8, 4) is 10.4 Å². The lowest BCUT2D eigenvalue weighted by Crippen LogP contribution is -2.38. The molecule has 142 valence electrons. The Hall–Kier alpha value is -2.90. The molecule has 0 spiro atoms. The van der Waals surface area contributed by atoms with Gasteiger partial charge in [-0.3, -0.25) is 4.79 Å². The third-order valence-electron chi connectivity index (χ3n) is 5.32. The summed E-state index contributed by atoms with van der Waals surface area (Å²) in [5, 5.41) is 9.09. The summed E-state index contributed by atoms with van der Waals surface area (Å²) in [7, 11) is 0. The summed E-state index contributed by atoms with van der Waals surface area (Å²) in [6.07, 6.45) is 5.79. The Labute approximate surface area is 166 Å². The van der Waals surface area contributed by atoms with Crippen molar-refractivity contribution in [3.05, 3.63) is 48.3 Å². The van der Waals surface area contributed by atoms with Crippen molar-refractivity contribution in [2.45, 2.75) is 18.9 Å². The second kappa shape index (κ2) is 6.92. The number of primary amides is 1. The minimum atomic E-state index is -0.448. The maximum absolute atomic E-state index is 12.0. The van der Waals surface area contributed by atoms with E-state index in [1.165, 1.54) is 0 Å². The van der Waals surface area contributed by atoms with Crippen molar-refractivity contribution in [3.63, 3.8) is 0 Å². The zero-order valence-corrected chi connectivity index (χ0v) is 16.1. The van der Waals surface area contributed by atoms with E-state index < -0.39 is 5.91 Å². The summed E-state index contributed by atoms with van der Waals surface area (Å²) < 4.78 is 0.885. The molecule has 1 saturated heterocycles. The molecule has 7 heteroatoms. The van der Waals surface area contributed by atoms with Gasteiger partial charge in [0.2, 0.25) is 0 Å². The van der Waals surface area contributed by atoms with E-state index >= 15 is 0 Å². The van der Waals surface area contributed by atoms with Crippen LogP contribution in [0.4, 0.5) is 5.82 Å². The summed E-state index contributed by atoms with van der Waals surface area (Å²) in [6, 6.07) is 10.7. The van der Waals surface area contributed by atoms with Gasteiger partial charge in [-0.2, -0.15) is 0 Å². The number of anilines is 1. The SMILES string of the molecule is NC(=O)c1cnc(N[C@H]2CCCNC2)c2cc(-c3cccc4[nH]ccc34)sc12.